The van der Waals surface area contributed by atoms with E-state index in [9.17, 15) is 0 Å². The monoisotopic (exact) mass is 396 g/mol. The Morgan fingerprint density at radius 3 is 2.76 bits per heavy atom. The molecule has 0 amide bonds. The van der Waals surface area contributed by atoms with Crippen molar-refractivity contribution in [3.63, 3.8) is 0 Å². The van der Waals surface area contributed by atoms with E-state index in [2.05, 4.69) is 10.5 Å². The summed E-state index contributed by atoms with van der Waals surface area (Å²) in [6.07, 6.45) is 0. The number of aryl methyl sites for hydroxylation is 2. The predicted molar refractivity (Wildman–Crippen MR) is 106 cm³/mol. The van der Waals surface area contributed by atoms with Gasteiger partial charge in [-0.3, -0.25) is 0 Å². The number of ether oxygens (including phenoxy) is 4. The van der Waals surface area contributed by atoms with Crippen LogP contribution in [0.1, 0.15) is 28.1 Å². The molecule has 0 unspecified atom stereocenters. The summed E-state index contributed by atoms with van der Waals surface area (Å²) in [6, 6.07) is 11.8. The molecule has 2 aromatic carbocycles. The number of rotatable bonds is 8. The molecule has 7 heteroatoms. The Labute approximate surface area is 169 Å². The molecule has 0 saturated heterocycles. The number of nitrogens with one attached hydrogen (secondary N) is 1. The summed E-state index contributed by atoms with van der Waals surface area (Å²) in [5, 5.41) is 7.39. The second kappa shape index (κ2) is 8.45. The average Bonchev–Trinajstić information content (AvgIpc) is 3.34. The predicted octanol–water partition coefficient (Wildman–Crippen LogP) is 3.90. The van der Waals surface area contributed by atoms with E-state index in [1.54, 1.807) is 7.11 Å². The minimum atomic E-state index is 0.277. The van der Waals surface area contributed by atoms with Gasteiger partial charge in [0.1, 0.15) is 12.4 Å². The van der Waals surface area contributed by atoms with Crippen LogP contribution in [-0.4, -0.2) is 19.1 Å². The highest BCUT2D eigenvalue weighted by Crippen LogP contribution is 2.35. The Bertz CT molecular complexity index is 979. The van der Waals surface area contributed by atoms with Gasteiger partial charge in [0, 0.05) is 18.7 Å². The number of fused-ring (bicyclic) bond motifs is 1. The Morgan fingerprint density at radius 2 is 1.97 bits per heavy atom. The van der Waals surface area contributed by atoms with Gasteiger partial charge in [-0.05, 0) is 37.6 Å². The van der Waals surface area contributed by atoms with Crippen LogP contribution in [0, 0.1) is 13.8 Å². The van der Waals surface area contributed by atoms with Gasteiger partial charge in [-0.1, -0.05) is 23.4 Å². The highest BCUT2D eigenvalue weighted by molar-refractivity contribution is 5.48. The van der Waals surface area contributed by atoms with Gasteiger partial charge >= 0.3 is 0 Å². The van der Waals surface area contributed by atoms with Crippen molar-refractivity contribution in [2.24, 2.45) is 0 Å². The van der Waals surface area contributed by atoms with E-state index >= 15 is 0 Å². The molecule has 0 aliphatic carbocycles. The minimum absolute atomic E-state index is 0.277. The number of aromatic nitrogens is 1. The van der Waals surface area contributed by atoms with Crippen molar-refractivity contribution in [3.05, 3.63) is 64.5 Å². The standard InChI is InChI=1S/C22H24N2O5/c1-14-18(15(2)29-24-14)12-26-19-8-7-16(9-21(19)25-3)10-23-11-17-5-4-6-20-22(17)28-13-27-20/h4-9,23H,10-13H2,1-3H3. The average molecular weight is 396 g/mol. The molecule has 4 rings (SSSR count). The van der Waals surface area contributed by atoms with Crippen LogP contribution in [0.4, 0.5) is 0 Å². The maximum absolute atomic E-state index is 5.94. The van der Waals surface area contributed by atoms with Crippen LogP contribution in [0.25, 0.3) is 0 Å². The number of hydrogen-bond donors (Lipinski definition) is 1. The third kappa shape index (κ3) is 4.14. The Kier molecular flexibility index (Phi) is 5.57. The molecule has 152 valence electrons. The van der Waals surface area contributed by atoms with Crippen LogP contribution in [0.2, 0.25) is 0 Å². The van der Waals surface area contributed by atoms with Gasteiger partial charge in [0.2, 0.25) is 6.79 Å². The van der Waals surface area contributed by atoms with E-state index in [0.29, 0.717) is 31.2 Å². The number of nitrogens with zero attached hydrogens (tertiary/aromatic N) is 1. The molecule has 0 radical (unpaired) electrons. The molecule has 1 aromatic heterocycles. The third-order valence-corrected chi connectivity index (χ3v) is 4.90. The SMILES string of the molecule is COc1cc(CNCc2cccc3c2OCO3)ccc1OCc1c(C)noc1C. The van der Waals surface area contributed by atoms with Crippen molar-refractivity contribution in [1.82, 2.24) is 10.5 Å². The van der Waals surface area contributed by atoms with Gasteiger partial charge in [-0.2, -0.15) is 0 Å². The van der Waals surface area contributed by atoms with Crippen LogP contribution in [-0.2, 0) is 19.7 Å². The van der Waals surface area contributed by atoms with Crippen molar-refractivity contribution in [1.29, 1.82) is 0 Å². The van der Waals surface area contributed by atoms with Crippen LogP contribution in [0.15, 0.2) is 40.9 Å². The fourth-order valence-corrected chi connectivity index (χ4v) is 3.27. The van der Waals surface area contributed by atoms with E-state index in [4.69, 9.17) is 23.5 Å². The largest absolute Gasteiger partial charge is 0.493 e. The zero-order chi connectivity index (χ0) is 20.2. The molecular formula is C22H24N2O5. The van der Waals surface area contributed by atoms with Crippen LogP contribution in [0.3, 0.4) is 0 Å². The van der Waals surface area contributed by atoms with Gasteiger partial charge < -0.3 is 28.8 Å². The molecule has 2 heterocycles. The first-order valence-corrected chi connectivity index (χ1v) is 9.45. The molecule has 0 bridgehead atoms. The van der Waals surface area contributed by atoms with Crippen molar-refractivity contribution in [2.75, 3.05) is 13.9 Å². The first-order valence-electron chi connectivity index (χ1n) is 9.45. The first-order chi connectivity index (χ1) is 14.2. The smallest absolute Gasteiger partial charge is 0.231 e. The molecule has 0 fully saturated rings. The van der Waals surface area contributed by atoms with Gasteiger partial charge in [-0.15, -0.1) is 0 Å². The van der Waals surface area contributed by atoms with E-state index in [1.165, 1.54) is 0 Å². The molecule has 1 aliphatic heterocycles. The Hall–Kier alpha value is -3.19. The van der Waals surface area contributed by atoms with Gasteiger partial charge in [0.05, 0.1) is 18.4 Å². The van der Waals surface area contributed by atoms with Crippen LogP contribution in [0.5, 0.6) is 23.0 Å². The molecule has 1 N–H and O–H groups in total. The van der Waals surface area contributed by atoms with E-state index < -0.39 is 0 Å². The fraction of sp³-hybridized carbons (Fsp3) is 0.318. The summed E-state index contributed by atoms with van der Waals surface area (Å²) >= 11 is 0. The lowest BCUT2D eigenvalue weighted by Gasteiger charge is -2.13. The van der Waals surface area contributed by atoms with Crippen molar-refractivity contribution in [3.8, 4) is 23.0 Å². The summed E-state index contributed by atoms with van der Waals surface area (Å²) in [7, 11) is 1.64. The summed E-state index contributed by atoms with van der Waals surface area (Å²) in [4.78, 5) is 0. The Balaban J connectivity index is 1.37. The van der Waals surface area contributed by atoms with Gasteiger partial charge in [0.25, 0.3) is 0 Å². The van der Waals surface area contributed by atoms with Crippen molar-refractivity contribution in [2.45, 2.75) is 33.5 Å². The lowest BCUT2D eigenvalue weighted by atomic mass is 10.1. The lowest BCUT2D eigenvalue weighted by molar-refractivity contribution is 0.173. The zero-order valence-electron chi connectivity index (χ0n) is 16.8. The highest BCUT2D eigenvalue weighted by atomic mass is 16.7. The number of methoxy groups -OCH3 is 1. The molecule has 7 nitrogen and oxygen atoms in total. The van der Waals surface area contributed by atoms with Crippen molar-refractivity contribution < 1.29 is 23.5 Å². The fourth-order valence-electron chi connectivity index (χ4n) is 3.27. The van der Waals surface area contributed by atoms with Crippen molar-refractivity contribution >= 4 is 0 Å². The second-order valence-corrected chi connectivity index (χ2v) is 6.83. The van der Waals surface area contributed by atoms with E-state index in [0.717, 1.165) is 39.6 Å². The van der Waals surface area contributed by atoms with Crippen LogP contribution >= 0.6 is 0 Å². The first kappa shape index (κ1) is 19.1. The number of hydrogen-bond acceptors (Lipinski definition) is 7. The topological polar surface area (TPSA) is 75.0 Å². The molecule has 3 aromatic rings. The minimum Gasteiger partial charge on any atom is -0.493 e. The number of benzene rings is 2. The molecule has 0 spiro atoms. The Morgan fingerprint density at radius 1 is 1.07 bits per heavy atom. The molecule has 29 heavy (non-hydrogen) atoms. The van der Waals surface area contributed by atoms with E-state index in [1.807, 2.05) is 50.2 Å². The maximum Gasteiger partial charge on any atom is 0.231 e. The maximum atomic E-state index is 5.94. The second-order valence-electron chi connectivity index (χ2n) is 6.83. The van der Waals surface area contributed by atoms with Crippen LogP contribution < -0.4 is 24.3 Å². The summed E-state index contributed by atoms with van der Waals surface area (Å²) in [5.74, 6) is 3.76. The molecule has 1 aliphatic rings. The molecular weight excluding hydrogens is 372 g/mol. The summed E-state index contributed by atoms with van der Waals surface area (Å²) in [6.45, 7) is 5.81. The van der Waals surface area contributed by atoms with Gasteiger partial charge in [-0.25, -0.2) is 0 Å². The normalized spacial score (nSPS) is 12.2. The summed E-state index contributed by atoms with van der Waals surface area (Å²) in [5.41, 5.74) is 3.96. The highest BCUT2D eigenvalue weighted by Gasteiger charge is 2.17. The molecule has 0 saturated carbocycles. The van der Waals surface area contributed by atoms with E-state index in [-0.39, 0.29) is 6.79 Å². The quantitative estimate of drug-likeness (QED) is 0.619. The summed E-state index contributed by atoms with van der Waals surface area (Å²) < 4.78 is 27.6. The number of para-hydroxylation sites is 1. The lowest BCUT2D eigenvalue weighted by Crippen LogP contribution is -2.13. The zero-order valence-corrected chi connectivity index (χ0v) is 16.8. The molecule has 0 atom stereocenters. The van der Waals surface area contributed by atoms with Gasteiger partial charge in [0.15, 0.2) is 23.0 Å². The third-order valence-electron chi connectivity index (χ3n) is 4.90.